The lowest BCUT2D eigenvalue weighted by molar-refractivity contribution is -0.137. The highest BCUT2D eigenvalue weighted by Gasteiger charge is 2.37. The van der Waals surface area contributed by atoms with Crippen molar-refractivity contribution in [3.63, 3.8) is 0 Å². The van der Waals surface area contributed by atoms with Crippen LogP contribution in [0.2, 0.25) is 0 Å². The molecule has 0 bridgehead atoms. The van der Waals surface area contributed by atoms with Gasteiger partial charge in [-0.15, -0.1) is 0 Å². The van der Waals surface area contributed by atoms with Gasteiger partial charge in [-0.2, -0.15) is 0 Å². The van der Waals surface area contributed by atoms with Crippen LogP contribution < -0.4 is 5.32 Å². The normalized spacial score (nSPS) is 16.6. The number of hydrogen-bond donors (Lipinski definition) is 3. The van der Waals surface area contributed by atoms with Gasteiger partial charge in [0.15, 0.2) is 0 Å². The molecule has 1 aliphatic heterocycles. The Bertz CT molecular complexity index is 656. The summed E-state index contributed by atoms with van der Waals surface area (Å²) in [6.45, 7) is -0.0826. The van der Waals surface area contributed by atoms with E-state index in [2.05, 4.69) is 5.32 Å². The van der Waals surface area contributed by atoms with Crippen molar-refractivity contribution in [2.75, 3.05) is 13.2 Å². The second-order valence-corrected chi connectivity index (χ2v) is 5.16. The van der Waals surface area contributed by atoms with Gasteiger partial charge in [0.2, 0.25) is 5.91 Å². The van der Waals surface area contributed by atoms with E-state index in [-0.39, 0.29) is 31.7 Å². The van der Waals surface area contributed by atoms with Crippen molar-refractivity contribution in [2.45, 2.75) is 19.0 Å². The molecule has 0 saturated carbocycles. The first-order chi connectivity index (χ1) is 11.4. The van der Waals surface area contributed by atoms with E-state index in [1.807, 2.05) is 0 Å². The second-order valence-electron chi connectivity index (χ2n) is 5.16. The fourth-order valence-corrected chi connectivity index (χ4v) is 2.20. The predicted molar refractivity (Wildman–Crippen MR) is 79.3 cm³/mol. The number of aliphatic carboxylic acids is 1. The summed E-state index contributed by atoms with van der Waals surface area (Å²) in [6.07, 6.45) is -0.875. The van der Waals surface area contributed by atoms with E-state index in [0.29, 0.717) is 5.56 Å². The highest BCUT2D eigenvalue weighted by molar-refractivity contribution is 5.88. The average Bonchev–Trinajstić information content (AvgIpc) is 2.88. The van der Waals surface area contributed by atoms with E-state index in [0.717, 1.165) is 0 Å². The van der Waals surface area contributed by atoms with Crippen LogP contribution in [0.15, 0.2) is 24.3 Å². The Balaban J connectivity index is 2.00. The van der Waals surface area contributed by atoms with Crippen LogP contribution in [0.1, 0.15) is 22.3 Å². The zero-order valence-corrected chi connectivity index (χ0v) is 12.6. The molecule has 128 valence electrons. The maximum Gasteiger partial charge on any atom is 0.410 e. The van der Waals surface area contributed by atoms with E-state index in [1.165, 1.54) is 17.0 Å². The molecule has 0 aromatic heterocycles. The number of cyclic esters (lactones) is 1. The summed E-state index contributed by atoms with van der Waals surface area (Å²) in [5.74, 6) is -2.59. The first-order valence-electron chi connectivity index (χ1n) is 7.13. The highest BCUT2D eigenvalue weighted by atomic mass is 16.6. The van der Waals surface area contributed by atoms with Gasteiger partial charge >= 0.3 is 18.0 Å². The highest BCUT2D eigenvalue weighted by Crippen LogP contribution is 2.17. The number of nitrogens with zero attached hydrogens (tertiary/aromatic N) is 1. The minimum absolute atomic E-state index is 0.0417. The Kier molecular flexibility index (Phi) is 5.35. The quantitative estimate of drug-likeness (QED) is 0.652. The van der Waals surface area contributed by atoms with Crippen molar-refractivity contribution in [1.82, 2.24) is 10.2 Å². The standard InChI is InChI=1S/C15H16N2O7/c18-12(19)5-6-16-13(20)11-8-24-15(23)17(11)7-9-1-3-10(4-2-9)14(21)22/h1-4,11H,5-8H2,(H,16,20)(H,18,19)(H,21,22)/t11-/m0/s1. The number of aromatic carboxylic acids is 1. The van der Waals surface area contributed by atoms with Crippen LogP contribution in [0.4, 0.5) is 4.79 Å². The molecule has 1 aliphatic rings. The number of carboxylic acid groups (broad SMARTS) is 2. The summed E-state index contributed by atoms with van der Waals surface area (Å²) in [4.78, 5) is 46.3. The van der Waals surface area contributed by atoms with Gasteiger partial charge in [0, 0.05) is 6.54 Å². The summed E-state index contributed by atoms with van der Waals surface area (Å²) >= 11 is 0. The fraction of sp³-hybridized carbons (Fsp3) is 0.333. The van der Waals surface area contributed by atoms with Crippen molar-refractivity contribution in [1.29, 1.82) is 0 Å². The molecule has 1 aromatic carbocycles. The maximum atomic E-state index is 12.1. The Morgan fingerprint density at radius 2 is 1.88 bits per heavy atom. The van der Waals surface area contributed by atoms with Crippen molar-refractivity contribution >= 4 is 23.9 Å². The molecule has 9 heteroatoms. The number of nitrogens with one attached hydrogen (secondary N) is 1. The van der Waals surface area contributed by atoms with Gasteiger partial charge in [-0.25, -0.2) is 9.59 Å². The molecular formula is C15H16N2O7. The van der Waals surface area contributed by atoms with Gasteiger partial charge < -0.3 is 20.3 Å². The maximum absolute atomic E-state index is 12.1. The van der Waals surface area contributed by atoms with Gasteiger partial charge in [-0.3, -0.25) is 14.5 Å². The third-order valence-corrected chi connectivity index (χ3v) is 3.47. The molecule has 9 nitrogen and oxygen atoms in total. The summed E-state index contributed by atoms with van der Waals surface area (Å²) in [5, 5.41) is 19.9. The molecule has 0 spiro atoms. The predicted octanol–water partition coefficient (Wildman–Crippen LogP) is 0.297. The van der Waals surface area contributed by atoms with Crippen molar-refractivity contribution in [3.8, 4) is 0 Å². The van der Waals surface area contributed by atoms with E-state index in [9.17, 15) is 19.2 Å². The Hall–Kier alpha value is -3.10. The lowest BCUT2D eigenvalue weighted by Crippen LogP contribution is -2.45. The summed E-state index contributed by atoms with van der Waals surface area (Å²) in [7, 11) is 0. The smallest absolute Gasteiger partial charge is 0.410 e. The average molecular weight is 336 g/mol. The number of rotatable bonds is 7. The molecule has 1 atom stereocenters. The van der Waals surface area contributed by atoms with Crippen LogP contribution >= 0.6 is 0 Å². The largest absolute Gasteiger partial charge is 0.481 e. The number of carbonyl (C=O) groups is 4. The van der Waals surface area contributed by atoms with E-state index >= 15 is 0 Å². The van der Waals surface area contributed by atoms with Gasteiger partial charge in [-0.05, 0) is 17.7 Å². The third-order valence-electron chi connectivity index (χ3n) is 3.47. The molecule has 1 saturated heterocycles. The number of ether oxygens (including phenoxy) is 1. The van der Waals surface area contributed by atoms with Crippen LogP contribution in [-0.2, 0) is 20.9 Å². The third kappa shape index (κ3) is 4.22. The number of hydrogen-bond acceptors (Lipinski definition) is 5. The molecule has 24 heavy (non-hydrogen) atoms. The molecular weight excluding hydrogens is 320 g/mol. The molecule has 1 aromatic rings. The van der Waals surface area contributed by atoms with Crippen molar-refractivity contribution < 1.29 is 34.1 Å². The van der Waals surface area contributed by atoms with Gasteiger partial charge in [0.1, 0.15) is 12.6 Å². The summed E-state index contributed by atoms with van der Waals surface area (Å²) in [6, 6.07) is 5.05. The first-order valence-corrected chi connectivity index (χ1v) is 7.13. The molecule has 1 heterocycles. The fourth-order valence-electron chi connectivity index (χ4n) is 2.20. The Morgan fingerprint density at radius 3 is 2.46 bits per heavy atom. The summed E-state index contributed by atoms with van der Waals surface area (Å²) in [5.41, 5.74) is 0.757. The molecule has 0 aliphatic carbocycles. The monoisotopic (exact) mass is 336 g/mol. The van der Waals surface area contributed by atoms with Crippen LogP contribution in [0.5, 0.6) is 0 Å². The van der Waals surface area contributed by atoms with Crippen molar-refractivity contribution in [2.24, 2.45) is 0 Å². The number of benzene rings is 1. The number of carbonyl (C=O) groups excluding carboxylic acids is 2. The number of amides is 2. The SMILES string of the molecule is O=C(O)CCNC(=O)[C@@H]1COC(=O)N1Cc1ccc(C(=O)O)cc1. The van der Waals surface area contributed by atoms with E-state index < -0.39 is 30.0 Å². The summed E-state index contributed by atoms with van der Waals surface area (Å²) < 4.78 is 4.88. The Labute approximate surface area is 136 Å². The number of carboxylic acids is 2. The van der Waals surface area contributed by atoms with Crippen LogP contribution in [0.25, 0.3) is 0 Å². The Morgan fingerprint density at radius 1 is 1.21 bits per heavy atom. The minimum Gasteiger partial charge on any atom is -0.481 e. The van der Waals surface area contributed by atoms with Crippen LogP contribution in [-0.4, -0.2) is 58.2 Å². The van der Waals surface area contributed by atoms with E-state index in [4.69, 9.17) is 14.9 Å². The molecule has 3 N–H and O–H groups in total. The van der Waals surface area contributed by atoms with Crippen LogP contribution in [0, 0.1) is 0 Å². The first kappa shape index (κ1) is 17.3. The lowest BCUT2D eigenvalue weighted by atomic mass is 10.1. The molecule has 1 fully saturated rings. The molecule has 0 radical (unpaired) electrons. The molecule has 2 amide bonds. The zero-order valence-electron chi connectivity index (χ0n) is 12.6. The topological polar surface area (TPSA) is 133 Å². The molecule has 0 unspecified atom stereocenters. The van der Waals surface area contributed by atoms with Crippen molar-refractivity contribution in [3.05, 3.63) is 35.4 Å². The molecule has 2 rings (SSSR count). The lowest BCUT2D eigenvalue weighted by Gasteiger charge is -2.20. The van der Waals surface area contributed by atoms with Gasteiger partial charge in [0.05, 0.1) is 18.5 Å². The minimum atomic E-state index is -1.06. The zero-order chi connectivity index (χ0) is 17.7. The van der Waals surface area contributed by atoms with Gasteiger partial charge in [-0.1, -0.05) is 12.1 Å². The second kappa shape index (κ2) is 7.44. The van der Waals surface area contributed by atoms with Crippen LogP contribution in [0.3, 0.4) is 0 Å². The van der Waals surface area contributed by atoms with Gasteiger partial charge in [0.25, 0.3) is 0 Å². The van der Waals surface area contributed by atoms with E-state index in [1.54, 1.807) is 12.1 Å².